The number of urea groups is 1. The van der Waals surface area contributed by atoms with Crippen molar-refractivity contribution in [1.29, 1.82) is 0 Å². The minimum absolute atomic E-state index is 0.210. The molecule has 0 saturated heterocycles. The third-order valence-electron chi connectivity index (χ3n) is 3.74. The Kier molecular flexibility index (Phi) is 5.81. The van der Waals surface area contributed by atoms with Gasteiger partial charge in [-0.3, -0.25) is 10.1 Å². The Labute approximate surface area is 160 Å². The molecule has 3 aromatic rings. The first kappa shape index (κ1) is 18.8. The van der Waals surface area contributed by atoms with Crippen molar-refractivity contribution in [3.05, 3.63) is 66.7 Å². The van der Waals surface area contributed by atoms with Gasteiger partial charge in [0.1, 0.15) is 5.52 Å². The highest BCUT2D eigenvalue weighted by atomic mass is 16.5. The molecule has 0 bridgehead atoms. The van der Waals surface area contributed by atoms with E-state index in [2.05, 4.69) is 17.1 Å². The fraction of sp³-hybridized carbons (Fsp3) is 0.100. The van der Waals surface area contributed by atoms with E-state index >= 15 is 0 Å². The number of carbonyl (C=O) groups is 3. The zero-order valence-electron chi connectivity index (χ0n) is 14.8. The van der Waals surface area contributed by atoms with Crippen LogP contribution >= 0.6 is 0 Å². The van der Waals surface area contributed by atoms with Crippen molar-refractivity contribution in [3.63, 3.8) is 0 Å². The highest BCUT2D eigenvalue weighted by molar-refractivity contribution is 6.00. The van der Waals surface area contributed by atoms with Crippen molar-refractivity contribution < 1.29 is 23.6 Å². The lowest BCUT2D eigenvalue weighted by molar-refractivity contribution is -0.123. The summed E-state index contributed by atoms with van der Waals surface area (Å²) in [6, 6.07) is 13.4. The van der Waals surface area contributed by atoms with Crippen LogP contribution in [0.15, 0.2) is 65.7 Å². The van der Waals surface area contributed by atoms with Crippen LogP contribution in [0.1, 0.15) is 10.4 Å². The fourth-order valence-electron chi connectivity index (χ4n) is 2.45. The Hall–Kier alpha value is -3.94. The predicted octanol–water partition coefficient (Wildman–Crippen LogP) is 2.66. The molecule has 0 radical (unpaired) electrons. The molecule has 8 heteroatoms. The van der Waals surface area contributed by atoms with Gasteiger partial charge in [-0.15, -0.1) is 6.58 Å². The summed E-state index contributed by atoms with van der Waals surface area (Å²) in [5.41, 5.74) is 1.64. The number of ether oxygens (including phenoxy) is 1. The van der Waals surface area contributed by atoms with Gasteiger partial charge in [0.25, 0.3) is 5.91 Å². The van der Waals surface area contributed by atoms with E-state index in [1.165, 1.54) is 12.1 Å². The zero-order chi connectivity index (χ0) is 19.9. The Balaban J connectivity index is 1.68. The number of nitrogens with one attached hydrogen (secondary N) is 2. The third-order valence-corrected chi connectivity index (χ3v) is 3.74. The number of esters is 1. The fourth-order valence-corrected chi connectivity index (χ4v) is 2.45. The van der Waals surface area contributed by atoms with Crippen molar-refractivity contribution in [2.24, 2.45) is 0 Å². The van der Waals surface area contributed by atoms with E-state index in [-0.39, 0.29) is 12.1 Å². The van der Waals surface area contributed by atoms with E-state index in [4.69, 9.17) is 9.26 Å². The topological polar surface area (TPSA) is 111 Å². The molecular weight excluding hydrogens is 362 g/mol. The molecule has 0 atom stereocenters. The van der Waals surface area contributed by atoms with Crippen molar-refractivity contribution >= 4 is 28.8 Å². The standard InChI is InChI=1S/C20H17N3O5/c1-2-10-21-20(26)22-17(24)12-27-19(25)14-8-9-16-15(11-14)18(28-23-16)13-6-4-3-5-7-13/h2-9,11H,1,10,12H2,(H2,21,22,24,26). The van der Waals surface area contributed by atoms with Crippen LogP contribution in [-0.4, -0.2) is 36.2 Å². The number of imide groups is 1. The molecule has 0 aliphatic heterocycles. The molecule has 8 nitrogen and oxygen atoms in total. The van der Waals surface area contributed by atoms with Gasteiger partial charge in [0, 0.05) is 12.1 Å². The molecule has 2 aromatic carbocycles. The molecule has 0 saturated carbocycles. The predicted molar refractivity (Wildman–Crippen MR) is 101 cm³/mol. The normalized spacial score (nSPS) is 10.3. The van der Waals surface area contributed by atoms with Gasteiger partial charge in [0.15, 0.2) is 12.4 Å². The van der Waals surface area contributed by atoms with Crippen LogP contribution in [0.5, 0.6) is 0 Å². The molecule has 0 aliphatic carbocycles. The van der Waals surface area contributed by atoms with Crippen LogP contribution in [0.2, 0.25) is 0 Å². The molecule has 1 aromatic heterocycles. The van der Waals surface area contributed by atoms with Gasteiger partial charge in [-0.2, -0.15) is 0 Å². The number of carbonyl (C=O) groups excluding carboxylic acids is 3. The molecule has 3 rings (SSSR count). The average molecular weight is 379 g/mol. The third kappa shape index (κ3) is 4.42. The maximum absolute atomic E-state index is 12.3. The summed E-state index contributed by atoms with van der Waals surface area (Å²) in [4.78, 5) is 35.3. The number of aromatic nitrogens is 1. The SMILES string of the molecule is C=CCNC(=O)NC(=O)COC(=O)c1ccc2noc(-c3ccccc3)c2c1. The van der Waals surface area contributed by atoms with Gasteiger partial charge in [-0.05, 0) is 18.2 Å². The van der Waals surface area contributed by atoms with Crippen LogP contribution in [0, 0.1) is 0 Å². The van der Waals surface area contributed by atoms with Crippen LogP contribution in [0.25, 0.3) is 22.2 Å². The lowest BCUT2D eigenvalue weighted by Crippen LogP contribution is -2.41. The van der Waals surface area contributed by atoms with Crippen molar-refractivity contribution in [3.8, 4) is 11.3 Å². The first-order valence-corrected chi connectivity index (χ1v) is 8.39. The second kappa shape index (κ2) is 8.63. The Morgan fingerprint density at radius 2 is 1.93 bits per heavy atom. The van der Waals surface area contributed by atoms with Crippen molar-refractivity contribution in [2.45, 2.75) is 0 Å². The minimum Gasteiger partial charge on any atom is -0.452 e. The van der Waals surface area contributed by atoms with Crippen molar-refractivity contribution in [2.75, 3.05) is 13.2 Å². The van der Waals surface area contributed by atoms with E-state index < -0.39 is 24.5 Å². The number of nitrogens with zero attached hydrogens (tertiary/aromatic N) is 1. The number of fused-ring (bicyclic) bond motifs is 1. The van der Waals surface area contributed by atoms with Crippen LogP contribution in [0.3, 0.4) is 0 Å². The van der Waals surface area contributed by atoms with Crippen molar-refractivity contribution in [1.82, 2.24) is 15.8 Å². The highest BCUT2D eigenvalue weighted by Gasteiger charge is 2.16. The Morgan fingerprint density at radius 3 is 2.68 bits per heavy atom. The minimum atomic E-state index is -0.744. The summed E-state index contributed by atoms with van der Waals surface area (Å²) >= 11 is 0. The monoisotopic (exact) mass is 379 g/mol. The average Bonchev–Trinajstić information content (AvgIpc) is 3.14. The van der Waals surface area contributed by atoms with E-state index in [1.54, 1.807) is 12.1 Å². The molecule has 0 fully saturated rings. The second-order valence-corrected chi connectivity index (χ2v) is 5.73. The lowest BCUT2D eigenvalue weighted by Gasteiger charge is -2.06. The summed E-state index contributed by atoms with van der Waals surface area (Å²) in [5, 5.41) is 9.04. The number of amides is 3. The zero-order valence-corrected chi connectivity index (χ0v) is 14.8. The maximum Gasteiger partial charge on any atom is 0.338 e. The van der Waals surface area contributed by atoms with Gasteiger partial charge in [0.05, 0.1) is 10.9 Å². The summed E-state index contributed by atoms with van der Waals surface area (Å²) in [5.74, 6) is -0.920. The molecule has 0 aliphatic rings. The van der Waals surface area contributed by atoms with E-state index in [1.807, 2.05) is 35.6 Å². The van der Waals surface area contributed by atoms with Gasteiger partial charge in [-0.25, -0.2) is 9.59 Å². The summed E-state index contributed by atoms with van der Waals surface area (Å²) in [6.07, 6.45) is 1.47. The van der Waals surface area contributed by atoms with E-state index in [9.17, 15) is 14.4 Å². The summed E-state index contributed by atoms with van der Waals surface area (Å²) in [7, 11) is 0. The molecule has 3 amide bonds. The quantitative estimate of drug-likeness (QED) is 0.503. The molecule has 1 heterocycles. The van der Waals surface area contributed by atoms with Gasteiger partial charge >= 0.3 is 12.0 Å². The molecular formula is C20H17N3O5. The van der Waals surface area contributed by atoms with E-state index in [0.29, 0.717) is 16.7 Å². The molecule has 28 heavy (non-hydrogen) atoms. The number of hydrogen-bond acceptors (Lipinski definition) is 6. The lowest BCUT2D eigenvalue weighted by atomic mass is 10.1. The highest BCUT2D eigenvalue weighted by Crippen LogP contribution is 2.29. The van der Waals surface area contributed by atoms with Crippen LogP contribution in [-0.2, 0) is 9.53 Å². The molecule has 0 unspecified atom stereocenters. The summed E-state index contributed by atoms with van der Waals surface area (Å²) in [6.45, 7) is 3.06. The van der Waals surface area contributed by atoms with Crippen LogP contribution in [0.4, 0.5) is 4.79 Å². The number of rotatable bonds is 6. The van der Waals surface area contributed by atoms with Crippen LogP contribution < -0.4 is 10.6 Å². The number of benzene rings is 2. The first-order chi connectivity index (χ1) is 13.6. The largest absolute Gasteiger partial charge is 0.452 e. The second-order valence-electron chi connectivity index (χ2n) is 5.73. The summed E-state index contributed by atoms with van der Waals surface area (Å²) < 4.78 is 10.4. The van der Waals surface area contributed by atoms with Gasteiger partial charge < -0.3 is 14.6 Å². The molecule has 142 valence electrons. The van der Waals surface area contributed by atoms with Gasteiger partial charge in [0.2, 0.25) is 0 Å². The van der Waals surface area contributed by atoms with Gasteiger partial charge in [-0.1, -0.05) is 41.6 Å². The Morgan fingerprint density at radius 1 is 1.14 bits per heavy atom. The maximum atomic E-state index is 12.3. The smallest absolute Gasteiger partial charge is 0.338 e. The Bertz CT molecular complexity index is 1030. The van der Waals surface area contributed by atoms with E-state index in [0.717, 1.165) is 5.56 Å². The number of hydrogen-bond donors (Lipinski definition) is 2. The molecule has 2 N–H and O–H groups in total. The molecule has 0 spiro atoms. The first-order valence-electron chi connectivity index (χ1n) is 8.39.